The van der Waals surface area contributed by atoms with Crippen LogP contribution in [-0.2, 0) is 9.53 Å². The van der Waals surface area contributed by atoms with E-state index in [0.717, 1.165) is 34.2 Å². The summed E-state index contributed by atoms with van der Waals surface area (Å²) in [7, 11) is 0. The molecule has 1 heterocycles. The van der Waals surface area contributed by atoms with Crippen molar-refractivity contribution in [3.8, 4) is 0 Å². The molecule has 0 bridgehead atoms. The summed E-state index contributed by atoms with van der Waals surface area (Å²) in [5.74, 6) is -3.06. The summed E-state index contributed by atoms with van der Waals surface area (Å²) in [4.78, 5) is 24.6. The zero-order chi connectivity index (χ0) is 18.8. The maximum Gasteiger partial charge on any atom is 0.350 e. The van der Waals surface area contributed by atoms with Crippen LogP contribution in [-0.4, -0.2) is 18.0 Å². The van der Waals surface area contributed by atoms with Gasteiger partial charge in [0.1, 0.15) is 16.5 Å². The third kappa shape index (κ3) is 3.68. The van der Waals surface area contributed by atoms with Gasteiger partial charge in [0.05, 0.1) is 10.7 Å². The van der Waals surface area contributed by atoms with Crippen molar-refractivity contribution in [1.29, 1.82) is 0 Å². The first-order valence-electron chi connectivity index (χ1n) is 7.50. The molecule has 1 amide bonds. The fourth-order valence-electron chi connectivity index (χ4n) is 2.24. The van der Waals surface area contributed by atoms with E-state index in [0.29, 0.717) is 5.39 Å². The molecule has 2 aromatic carbocycles. The minimum absolute atomic E-state index is 0.171. The molecule has 3 rings (SSSR count). The maximum absolute atomic E-state index is 13.6. The molecule has 1 aromatic heterocycles. The summed E-state index contributed by atoms with van der Waals surface area (Å²) < 4.78 is 32.7. The normalized spacial score (nSPS) is 12.0. The minimum atomic E-state index is -1.23. The lowest BCUT2D eigenvalue weighted by atomic mass is 10.2. The van der Waals surface area contributed by atoms with Gasteiger partial charge in [0, 0.05) is 16.2 Å². The van der Waals surface area contributed by atoms with Crippen LogP contribution in [0, 0.1) is 11.6 Å². The molecule has 0 fully saturated rings. The van der Waals surface area contributed by atoms with Crippen LogP contribution < -0.4 is 5.32 Å². The molecule has 0 spiro atoms. The smallest absolute Gasteiger partial charge is 0.350 e. The number of nitrogens with one attached hydrogen (secondary N) is 1. The molecule has 0 aliphatic heterocycles. The maximum atomic E-state index is 13.6. The number of fused-ring (bicyclic) bond motifs is 1. The summed E-state index contributed by atoms with van der Waals surface area (Å²) in [6.07, 6.45) is -1.23. The topological polar surface area (TPSA) is 55.4 Å². The first-order valence-corrected chi connectivity index (χ1v) is 8.70. The molecule has 26 heavy (non-hydrogen) atoms. The van der Waals surface area contributed by atoms with Gasteiger partial charge in [-0.05, 0) is 25.1 Å². The lowest BCUT2D eigenvalue weighted by Gasteiger charge is -2.13. The van der Waals surface area contributed by atoms with Crippen LogP contribution in [0.2, 0.25) is 5.02 Å². The summed E-state index contributed by atoms with van der Waals surface area (Å²) >= 11 is 7.35. The molecule has 8 heteroatoms. The number of ether oxygens (including phenoxy) is 1. The van der Waals surface area contributed by atoms with Crippen LogP contribution in [0.4, 0.5) is 14.5 Å². The van der Waals surface area contributed by atoms with E-state index in [-0.39, 0.29) is 15.6 Å². The molecule has 1 N–H and O–H groups in total. The van der Waals surface area contributed by atoms with Gasteiger partial charge < -0.3 is 10.1 Å². The Bertz CT molecular complexity index is 1010. The standard InChI is InChI=1S/C18H12ClF2NO3S/c1-9(17(23)22-13-8-10(20)6-7-12(13)21)25-18(24)16-15(19)11-4-2-3-5-14(11)26-16/h2-9H,1H3,(H,22,23). The van der Waals surface area contributed by atoms with Gasteiger partial charge in [0.2, 0.25) is 0 Å². The Balaban J connectivity index is 1.73. The van der Waals surface area contributed by atoms with Gasteiger partial charge in [0.15, 0.2) is 6.10 Å². The number of esters is 1. The predicted octanol–water partition coefficient (Wildman–Crippen LogP) is 5.02. The number of thiophene rings is 1. The third-order valence-electron chi connectivity index (χ3n) is 3.56. The number of carbonyl (C=O) groups excluding carboxylic acids is 2. The van der Waals surface area contributed by atoms with Crippen molar-refractivity contribution in [2.75, 3.05) is 5.32 Å². The Morgan fingerprint density at radius 1 is 1.19 bits per heavy atom. The average molecular weight is 396 g/mol. The number of hydrogen-bond donors (Lipinski definition) is 1. The van der Waals surface area contributed by atoms with Gasteiger partial charge in [-0.1, -0.05) is 29.8 Å². The number of halogens is 3. The van der Waals surface area contributed by atoms with Crippen molar-refractivity contribution in [1.82, 2.24) is 0 Å². The molecule has 3 aromatic rings. The molecule has 0 saturated heterocycles. The Morgan fingerprint density at radius 2 is 1.92 bits per heavy atom. The van der Waals surface area contributed by atoms with E-state index < -0.39 is 29.6 Å². The van der Waals surface area contributed by atoms with E-state index >= 15 is 0 Å². The van der Waals surface area contributed by atoms with Crippen molar-refractivity contribution >= 4 is 50.6 Å². The molecule has 0 radical (unpaired) electrons. The van der Waals surface area contributed by atoms with Crippen molar-refractivity contribution in [2.45, 2.75) is 13.0 Å². The van der Waals surface area contributed by atoms with Gasteiger partial charge in [0.25, 0.3) is 5.91 Å². The number of anilines is 1. The van der Waals surface area contributed by atoms with Gasteiger partial charge >= 0.3 is 5.97 Å². The highest BCUT2D eigenvalue weighted by molar-refractivity contribution is 7.21. The Morgan fingerprint density at radius 3 is 2.65 bits per heavy atom. The average Bonchev–Trinajstić information content (AvgIpc) is 2.95. The summed E-state index contributed by atoms with van der Waals surface area (Å²) in [5.41, 5.74) is -0.335. The van der Waals surface area contributed by atoms with E-state index in [2.05, 4.69) is 5.32 Å². The second-order valence-corrected chi connectivity index (χ2v) is 6.83. The number of amides is 1. The molecule has 0 saturated carbocycles. The molecule has 4 nitrogen and oxygen atoms in total. The third-order valence-corrected chi connectivity index (χ3v) is 5.22. The van der Waals surface area contributed by atoms with Crippen molar-refractivity contribution < 1.29 is 23.1 Å². The largest absolute Gasteiger partial charge is 0.448 e. The quantitative estimate of drug-likeness (QED) is 0.631. The molecule has 1 atom stereocenters. The second kappa shape index (κ2) is 7.39. The van der Waals surface area contributed by atoms with Gasteiger partial charge in [-0.2, -0.15) is 0 Å². The van der Waals surface area contributed by atoms with E-state index in [1.165, 1.54) is 6.92 Å². The Kier molecular flexibility index (Phi) is 5.20. The van der Waals surface area contributed by atoms with E-state index in [9.17, 15) is 18.4 Å². The molecular formula is C18H12ClF2NO3S. The van der Waals surface area contributed by atoms with Gasteiger partial charge in [-0.15, -0.1) is 11.3 Å². The summed E-state index contributed by atoms with van der Waals surface area (Å²) in [5, 5.41) is 3.15. The second-order valence-electron chi connectivity index (χ2n) is 5.40. The molecular weight excluding hydrogens is 384 g/mol. The van der Waals surface area contributed by atoms with Gasteiger partial charge in [-0.3, -0.25) is 4.79 Å². The predicted molar refractivity (Wildman–Crippen MR) is 96.7 cm³/mol. The van der Waals surface area contributed by atoms with Crippen LogP contribution in [0.25, 0.3) is 10.1 Å². The number of rotatable bonds is 4. The fraction of sp³-hybridized carbons (Fsp3) is 0.111. The molecule has 1 unspecified atom stereocenters. The first-order chi connectivity index (χ1) is 12.4. The Labute approximate surface area is 156 Å². The molecule has 134 valence electrons. The number of carbonyl (C=O) groups is 2. The van der Waals surface area contributed by atoms with Crippen LogP contribution in [0.1, 0.15) is 16.6 Å². The van der Waals surface area contributed by atoms with E-state index in [1.54, 1.807) is 12.1 Å². The lowest BCUT2D eigenvalue weighted by Crippen LogP contribution is -2.30. The van der Waals surface area contributed by atoms with Crippen molar-refractivity contribution in [2.24, 2.45) is 0 Å². The van der Waals surface area contributed by atoms with Crippen LogP contribution in [0.5, 0.6) is 0 Å². The number of benzene rings is 2. The molecule has 0 aliphatic rings. The molecule has 0 aliphatic carbocycles. The highest BCUT2D eigenvalue weighted by Crippen LogP contribution is 2.35. The van der Waals surface area contributed by atoms with Crippen LogP contribution in [0.15, 0.2) is 42.5 Å². The lowest BCUT2D eigenvalue weighted by molar-refractivity contribution is -0.123. The van der Waals surface area contributed by atoms with Crippen LogP contribution >= 0.6 is 22.9 Å². The minimum Gasteiger partial charge on any atom is -0.448 e. The fourth-order valence-corrected chi connectivity index (χ4v) is 3.63. The van der Waals surface area contributed by atoms with Crippen molar-refractivity contribution in [3.63, 3.8) is 0 Å². The van der Waals surface area contributed by atoms with Crippen LogP contribution in [0.3, 0.4) is 0 Å². The monoisotopic (exact) mass is 395 g/mol. The summed E-state index contributed by atoms with van der Waals surface area (Å²) in [6, 6.07) is 9.84. The van der Waals surface area contributed by atoms with E-state index in [1.807, 2.05) is 12.1 Å². The highest BCUT2D eigenvalue weighted by atomic mass is 35.5. The SMILES string of the molecule is CC(OC(=O)c1sc2ccccc2c1Cl)C(=O)Nc1cc(F)ccc1F. The van der Waals surface area contributed by atoms with E-state index in [4.69, 9.17) is 16.3 Å². The zero-order valence-electron chi connectivity index (χ0n) is 13.4. The zero-order valence-corrected chi connectivity index (χ0v) is 15.0. The Hall–Kier alpha value is -2.51. The highest BCUT2D eigenvalue weighted by Gasteiger charge is 2.24. The number of hydrogen-bond acceptors (Lipinski definition) is 4. The van der Waals surface area contributed by atoms with Crippen molar-refractivity contribution in [3.05, 3.63) is 64.0 Å². The first kappa shape index (κ1) is 18.3. The van der Waals surface area contributed by atoms with Gasteiger partial charge in [-0.25, -0.2) is 13.6 Å². The summed E-state index contributed by atoms with van der Waals surface area (Å²) in [6.45, 7) is 1.33.